The van der Waals surface area contributed by atoms with Gasteiger partial charge in [0.15, 0.2) is 5.12 Å². The Morgan fingerprint density at radius 3 is 2.10 bits per heavy atom. The molecule has 0 unspecified atom stereocenters. The Kier molecular flexibility index (Phi) is 7.96. The van der Waals surface area contributed by atoms with Gasteiger partial charge in [0.1, 0.15) is 0 Å². The van der Waals surface area contributed by atoms with E-state index in [1.165, 1.54) is 11.8 Å². The number of carbonyl (C=O) groups excluding carboxylic acids is 1. The van der Waals surface area contributed by atoms with Crippen molar-refractivity contribution in [2.75, 3.05) is 0 Å². The number of sulfonamides is 1. The second kappa shape index (κ2) is 9.65. The van der Waals surface area contributed by atoms with Crippen LogP contribution in [0.2, 0.25) is 5.02 Å². The van der Waals surface area contributed by atoms with Crippen molar-refractivity contribution < 1.29 is 13.2 Å². The molecule has 4 nitrogen and oxygen atoms in total. The van der Waals surface area contributed by atoms with E-state index in [4.69, 9.17) is 11.6 Å². The van der Waals surface area contributed by atoms with Crippen LogP contribution in [0, 0.1) is 12.8 Å². The Balaban J connectivity index is 2.45. The molecule has 0 spiro atoms. The monoisotopic (exact) mass is 453 g/mol. The summed E-state index contributed by atoms with van der Waals surface area (Å²) in [6, 6.07) is 12.9. The molecule has 2 rings (SSSR count). The van der Waals surface area contributed by atoms with E-state index in [0.717, 1.165) is 5.56 Å². The summed E-state index contributed by atoms with van der Waals surface area (Å²) in [5.41, 5.74) is 1.68. The maximum atomic E-state index is 13.1. The number of halogens is 1. The molecule has 0 aromatic heterocycles. The molecule has 1 N–H and O–H groups in total. The summed E-state index contributed by atoms with van der Waals surface area (Å²) < 4.78 is 28.7. The molecule has 0 heterocycles. The molecule has 29 heavy (non-hydrogen) atoms. The van der Waals surface area contributed by atoms with Gasteiger partial charge in [0, 0.05) is 15.7 Å². The summed E-state index contributed by atoms with van der Waals surface area (Å²) in [6.45, 7) is 9.70. The van der Waals surface area contributed by atoms with Crippen LogP contribution in [0.4, 0.5) is 0 Å². The molecular weight excluding hydrogens is 426 g/mol. The first kappa shape index (κ1) is 23.9. The molecule has 0 saturated carbocycles. The standard InChI is InChI=1S/C22H28ClNO3S2/c1-6-19(21(25)28-22(3,4)5)20(16-9-11-17(23)12-10-16)24-29(26,27)18-13-7-15(2)8-14-18/h7-14,19-20,24H,6H2,1-5H3/t19-,20-/m1/s1. The Hall–Kier alpha value is -1.34. The van der Waals surface area contributed by atoms with Gasteiger partial charge in [0.25, 0.3) is 0 Å². The van der Waals surface area contributed by atoms with Crippen LogP contribution in [0.1, 0.15) is 51.3 Å². The third-order valence-electron chi connectivity index (χ3n) is 4.39. The molecule has 0 amide bonds. The third kappa shape index (κ3) is 6.85. The summed E-state index contributed by atoms with van der Waals surface area (Å²) >= 11 is 7.25. The first-order chi connectivity index (χ1) is 13.4. The van der Waals surface area contributed by atoms with Gasteiger partial charge in [-0.1, -0.05) is 80.9 Å². The first-order valence-corrected chi connectivity index (χ1v) is 12.2. The maximum Gasteiger partial charge on any atom is 0.241 e. The predicted molar refractivity (Wildman–Crippen MR) is 122 cm³/mol. The topological polar surface area (TPSA) is 63.2 Å². The van der Waals surface area contributed by atoms with Crippen LogP contribution in [-0.4, -0.2) is 18.3 Å². The number of thioether (sulfide) groups is 1. The van der Waals surface area contributed by atoms with Gasteiger partial charge in [0.2, 0.25) is 10.0 Å². The SMILES string of the molecule is CC[C@@H](C(=O)SC(C)(C)C)[C@H](NS(=O)(=O)c1ccc(C)cc1)c1ccc(Cl)cc1. The van der Waals surface area contributed by atoms with Gasteiger partial charge < -0.3 is 0 Å². The molecule has 0 aliphatic rings. The highest BCUT2D eigenvalue weighted by Crippen LogP contribution is 2.35. The zero-order valence-corrected chi connectivity index (χ0v) is 19.8. The van der Waals surface area contributed by atoms with E-state index in [0.29, 0.717) is 17.0 Å². The summed E-state index contributed by atoms with van der Waals surface area (Å²) in [4.78, 5) is 13.2. The lowest BCUT2D eigenvalue weighted by Crippen LogP contribution is -2.36. The second-order valence-corrected chi connectivity index (χ2v) is 12.0. The molecule has 7 heteroatoms. The largest absolute Gasteiger partial charge is 0.287 e. The number of benzene rings is 2. The third-order valence-corrected chi connectivity index (χ3v) is 7.22. The van der Waals surface area contributed by atoms with Gasteiger partial charge in [-0.05, 0) is 43.2 Å². The fourth-order valence-corrected chi connectivity index (χ4v) is 5.37. The van der Waals surface area contributed by atoms with E-state index in [-0.39, 0.29) is 14.8 Å². The van der Waals surface area contributed by atoms with Crippen molar-refractivity contribution in [1.29, 1.82) is 0 Å². The lowest BCUT2D eigenvalue weighted by Gasteiger charge is -2.28. The van der Waals surface area contributed by atoms with Crippen molar-refractivity contribution in [1.82, 2.24) is 4.72 Å². The van der Waals surface area contributed by atoms with E-state index in [1.54, 1.807) is 48.5 Å². The van der Waals surface area contributed by atoms with Crippen molar-refractivity contribution in [2.45, 2.75) is 56.7 Å². The minimum absolute atomic E-state index is 0.0356. The fraction of sp³-hybridized carbons (Fsp3) is 0.409. The molecule has 0 aliphatic heterocycles. The molecule has 2 aromatic rings. The van der Waals surface area contributed by atoms with Gasteiger partial charge in [-0.25, -0.2) is 13.1 Å². The highest BCUT2D eigenvalue weighted by atomic mass is 35.5. The number of carbonyl (C=O) groups is 1. The van der Waals surface area contributed by atoms with Gasteiger partial charge in [-0.2, -0.15) is 0 Å². The Morgan fingerprint density at radius 1 is 1.07 bits per heavy atom. The van der Waals surface area contributed by atoms with Crippen LogP contribution in [0.5, 0.6) is 0 Å². The van der Waals surface area contributed by atoms with Crippen molar-refractivity contribution in [2.24, 2.45) is 5.92 Å². The van der Waals surface area contributed by atoms with E-state index in [2.05, 4.69) is 4.72 Å². The van der Waals surface area contributed by atoms with Crippen LogP contribution in [0.25, 0.3) is 0 Å². The Bertz CT molecular complexity index is 934. The van der Waals surface area contributed by atoms with Crippen LogP contribution in [0.3, 0.4) is 0 Å². The summed E-state index contributed by atoms with van der Waals surface area (Å²) in [6.07, 6.45) is 0.506. The van der Waals surface area contributed by atoms with Crippen molar-refractivity contribution in [3.63, 3.8) is 0 Å². The Labute approximate surface area is 183 Å². The molecular formula is C22H28ClNO3S2. The van der Waals surface area contributed by atoms with Crippen LogP contribution >= 0.6 is 23.4 Å². The van der Waals surface area contributed by atoms with Crippen molar-refractivity contribution >= 4 is 38.5 Å². The van der Waals surface area contributed by atoms with E-state index in [1.807, 2.05) is 34.6 Å². The smallest absolute Gasteiger partial charge is 0.241 e. The minimum Gasteiger partial charge on any atom is -0.287 e. The van der Waals surface area contributed by atoms with Gasteiger partial charge in [0.05, 0.1) is 10.9 Å². The van der Waals surface area contributed by atoms with Crippen molar-refractivity contribution in [3.05, 3.63) is 64.7 Å². The number of hydrogen-bond acceptors (Lipinski definition) is 4. The fourth-order valence-electron chi connectivity index (χ4n) is 2.92. The highest BCUT2D eigenvalue weighted by Gasteiger charge is 2.34. The predicted octanol–water partition coefficient (Wildman–Crippen LogP) is 5.75. The molecule has 0 saturated heterocycles. The number of rotatable bonds is 7. The Morgan fingerprint density at radius 2 is 1.62 bits per heavy atom. The average Bonchev–Trinajstić information content (AvgIpc) is 2.61. The lowest BCUT2D eigenvalue weighted by molar-refractivity contribution is -0.115. The minimum atomic E-state index is -3.81. The summed E-state index contributed by atoms with van der Waals surface area (Å²) in [5.74, 6) is -0.513. The van der Waals surface area contributed by atoms with Crippen LogP contribution < -0.4 is 4.72 Å². The maximum absolute atomic E-state index is 13.1. The first-order valence-electron chi connectivity index (χ1n) is 9.50. The molecule has 2 atom stereocenters. The van der Waals surface area contributed by atoms with E-state index < -0.39 is 22.0 Å². The second-order valence-electron chi connectivity index (χ2n) is 8.01. The zero-order valence-electron chi connectivity index (χ0n) is 17.4. The molecule has 0 fully saturated rings. The number of nitrogens with one attached hydrogen (secondary N) is 1. The quantitative estimate of drug-likeness (QED) is 0.579. The number of hydrogen-bond donors (Lipinski definition) is 1. The molecule has 0 radical (unpaired) electrons. The molecule has 2 aromatic carbocycles. The van der Waals surface area contributed by atoms with Crippen LogP contribution in [0.15, 0.2) is 53.4 Å². The van der Waals surface area contributed by atoms with Gasteiger partial charge >= 0.3 is 0 Å². The average molecular weight is 454 g/mol. The van der Waals surface area contributed by atoms with Gasteiger partial charge in [-0.15, -0.1) is 0 Å². The van der Waals surface area contributed by atoms with E-state index >= 15 is 0 Å². The lowest BCUT2D eigenvalue weighted by atomic mass is 9.93. The number of aryl methyl sites for hydroxylation is 1. The molecule has 0 bridgehead atoms. The van der Waals surface area contributed by atoms with Crippen LogP contribution in [-0.2, 0) is 14.8 Å². The summed E-state index contributed by atoms with van der Waals surface area (Å²) in [7, 11) is -3.81. The summed E-state index contributed by atoms with van der Waals surface area (Å²) in [5, 5.41) is 0.517. The van der Waals surface area contributed by atoms with Gasteiger partial charge in [-0.3, -0.25) is 4.79 Å². The van der Waals surface area contributed by atoms with E-state index in [9.17, 15) is 13.2 Å². The zero-order chi connectivity index (χ0) is 21.8. The highest BCUT2D eigenvalue weighted by molar-refractivity contribution is 8.14. The molecule has 0 aliphatic carbocycles. The van der Waals surface area contributed by atoms with Crippen molar-refractivity contribution in [3.8, 4) is 0 Å². The normalized spacial score (nSPS) is 14.4. The molecule has 158 valence electrons.